The molecule has 0 atom stereocenters. The van der Waals surface area contributed by atoms with Gasteiger partial charge in [-0.15, -0.1) is 0 Å². The Morgan fingerprint density at radius 2 is 1.86 bits per heavy atom. The summed E-state index contributed by atoms with van der Waals surface area (Å²) >= 11 is 0. The lowest BCUT2D eigenvalue weighted by Gasteiger charge is -2.44. The van der Waals surface area contributed by atoms with Gasteiger partial charge in [0.05, 0.1) is 0 Å². The van der Waals surface area contributed by atoms with Gasteiger partial charge in [-0.05, 0) is 33.1 Å². The minimum Gasteiger partial charge on any atom is -0.328 e. The molecule has 0 bridgehead atoms. The predicted molar refractivity (Wildman–Crippen MR) is 58.1 cm³/mol. The Kier molecular flexibility index (Phi) is 3.53. The summed E-state index contributed by atoms with van der Waals surface area (Å²) in [6, 6.07) is 0. The third kappa shape index (κ3) is 2.45. The summed E-state index contributed by atoms with van der Waals surface area (Å²) in [6.07, 6.45) is 2.29. The van der Waals surface area contributed by atoms with Crippen molar-refractivity contribution in [2.45, 2.75) is 51.2 Å². The van der Waals surface area contributed by atoms with E-state index < -0.39 is 5.67 Å². The molecule has 1 heterocycles. The van der Waals surface area contributed by atoms with Crippen LogP contribution in [0.25, 0.3) is 0 Å². The van der Waals surface area contributed by atoms with Crippen LogP contribution in [0.2, 0.25) is 0 Å². The quantitative estimate of drug-likeness (QED) is 0.758. The third-order valence-electron chi connectivity index (χ3n) is 3.75. The number of rotatable bonds is 3. The minimum atomic E-state index is -1.10. The number of hydrogen-bond acceptors (Lipinski definition) is 2. The van der Waals surface area contributed by atoms with Crippen LogP contribution in [0.15, 0.2) is 0 Å². The Bertz CT molecular complexity index is 184. The minimum absolute atomic E-state index is 0.174. The zero-order valence-electron chi connectivity index (χ0n) is 9.65. The van der Waals surface area contributed by atoms with Crippen LogP contribution in [0.4, 0.5) is 4.39 Å². The first-order valence-corrected chi connectivity index (χ1v) is 5.57. The second kappa shape index (κ2) is 4.15. The summed E-state index contributed by atoms with van der Waals surface area (Å²) in [4.78, 5) is 2.38. The van der Waals surface area contributed by atoms with Crippen molar-refractivity contribution in [3.63, 3.8) is 0 Å². The summed E-state index contributed by atoms with van der Waals surface area (Å²) in [7, 11) is 0. The van der Waals surface area contributed by atoms with Gasteiger partial charge in [-0.1, -0.05) is 6.92 Å². The summed E-state index contributed by atoms with van der Waals surface area (Å²) in [5, 5.41) is 0. The average Bonchev–Trinajstić information content (AvgIpc) is 2.19. The first-order chi connectivity index (χ1) is 6.43. The molecule has 2 nitrogen and oxygen atoms in total. The molecule has 0 spiro atoms. The fourth-order valence-electron chi connectivity index (χ4n) is 1.94. The maximum absolute atomic E-state index is 13.8. The first kappa shape index (κ1) is 11.9. The molecule has 0 aromatic heterocycles. The largest absolute Gasteiger partial charge is 0.328 e. The molecule has 1 aliphatic heterocycles. The molecule has 1 rings (SSSR count). The summed E-state index contributed by atoms with van der Waals surface area (Å²) in [5.74, 6) is 0. The molecule has 0 radical (unpaired) electrons. The second-order valence-corrected chi connectivity index (χ2v) is 5.01. The monoisotopic (exact) mass is 202 g/mol. The standard InChI is InChI=1S/C11H23FN2/c1-4-10(2,3)14-7-5-11(12,9-13)6-8-14/h4-9,13H2,1-3H3. The fourth-order valence-corrected chi connectivity index (χ4v) is 1.94. The van der Waals surface area contributed by atoms with Gasteiger partial charge < -0.3 is 5.73 Å². The highest BCUT2D eigenvalue weighted by atomic mass is 19.1. The molecule has 0 aromatic rings. The van der Waals surface area contributed by atoms with Gasteiger partial charge in [0.25, 0.3) is 0 Å². The predicted octanol–water partition coefficient (Wildman–Crippen LogP) is 1.94. The van der Waals surface area contributed by atoms with Crippen LogP contribution < -0.4 is 5.73 Å². The van der Waals surface area contributed by atoms with Crippen LogP contribution in [0.3, 0.4) is 0 Å². The van der Waals surface area contributed by atoms with Gasteiger partial charge in [0.1, 0.15) is 5.67 Å². The van der Waals surface area contributed by atoms with Gasteiger partial charge in [-0.2, -0.15) is 0 Å². The molecule has 2 N–H and O–H groups in total. The summed E-state index contributed by atoms with van der Waals surface area (Å²) in [5.41, 5.74) is 4.54. The van der Waals surface area contributed by atoms with Crippen LogP contribution in [0.1, 0.15) is 40.0 Å². The number of nitrogens with zero attached hydrogens (tertiary/aromatic N) is 1. The van der Waals surface area contributed by atoms with Crippen LogP contribution in [-0.4, -0.2) is 35.7 Å². The van der Waals surface area contributed by atoms with Crippen LogP contribution >= 0.6 is 0 Å². The van der Waals surface area contributed by atoms with E-state index in [4.69, 9.17) is 5.73 Å². The number of halogens is 1. The SMILES string of the molecule is CCC(C)(C)N1CCC(F)(CN)CC1. The van der Waals surface area contributed by atoms with Crippen LogP contribution in [0, 0.1) is 0 Å². The maximum atomic E-state index is 13.8. The van der Waals surface area contributed by atoms with E-state index in [1.807, 2.05) is 0 Å². The van der Waals surface area contributed by atoms with E-state index in [1.165, 1.54) is 0 Å². The lowest BCUT2D eigenvalue weighted by atomic mass is 9.89. The summed E-state index contributed by atoms with van der Waals surface area (Å²) in [6.45, 7) is 8.48. The lowest BCUT2D eigenvalue weighted by molar-refractivity contribution is 0.0143. The van der Waals surface area contributed by atoms with E-state index in [1.54, 1.807) is 0 Å². The maximum Gasteiger partial charge on any atom is 0.125 e. The van der Waals surface area contributed by atoms with Crippen molar-refractivity contribution in [1.29, 1.82) is 0 Å². The lowest BCUT2D eigenvalue weighted by Crippen LogP contribution is -2.53. The molecule has 0 aliphatic carbocycles. The highest BCUT2D eigenvalue weighted by Crippen LogP contribution is 2.30. The van der Waals surface area contributed by atoms with Crippen molar-refractivity contribution < 1.29 is 4.39 Å². The number of hydrogen-bond donors (Lipinski definition) is 1. The van der Waals surface area contributed by atoms with E-state index in [2.05, 4.69) is 25.7 Å². The van der Waals surface area contributed by atoms with Crippen molar-refractivity contribution in [3.8, 4) is 0 Å². The first-order valence-electron chi connectivity index (χ1n) is 5.57. The van der Waals surface area contributed by atoms with Gasteiger partial charge in [-0.25, -0.2) is 4.39 Å². The van der Waals surface area contributed by atoms with E-state index >= 15 is 0 Å². The van der Waals surface area contributed by atoms with Crippen molar-refractivity contribution in [3.05, 3.63) is 0 Å². The summed E-state index contributed by atoms with van der Waals surface area (Å²) < 4.78 is 13.8. The normalized spacial score (nSPS) is 23.8. The van der Waals surface area contributed by atoms with E-state index in [0.29, 0.717) is 12.8 Å². The van der Waals surface area contributed by atoms with Crippen LogP contribution in [0.5, 0.6) is 0 Å². The number of nitrogens with two attached hydrogens (primary N) is 1. The fraction of sp³-hybridized carbons (Fsp3) is 1.00. The van der Waals surface area contributed by atoms with E-state index in [-0.39, 0.29) is 12.1 Å². The Balaban J connectivity index is 2.51. The Morgan fingerprint density at radius 1 is 1.36 bits per heavy atom. The van der Waals surface area contributed by atoms with Gasteiger partial charge in [0.15, 0.2) is 0 Å². The zero-order valence-corrected chi connectivity index (χ0v) is 9.65. The van der Waals surface area contributed by atoms with Gasteiger partial charge >= 0.3 is 0 Å². The molecular formula is C11H23FN2. The number of piperidine rings is 1. The highest BCUT2D eigenvalue weighted by molar-refractivity contribution is 4.91. The zero-order chi connectivity index (χ0) is 10.8. The third-order valence-corrected chi connectivity index (χ3v) is 3.75. The molecule has 0 amide bonds. The van der Waals surface area contributed by atoms with Gasteiger partial charge in [-0.3, -0.25) is 4.90 Å². The Hall–Kier alpha value is -0.150. The average molecular weight is 202 g/mol. The second-order valence-electron chi connectivity index (χ2n) is 5.01. The van der Waals surface area contributed by atoms with Gasteiger partial charge in [0, 0.05) is 25.2 Å². The highest BCUT2D eigenvalue weighted by Gasteiger charge is 2.37. The molecule has 0 saturated carbocycles. The molecule has 84 valence electrons. The smallest absolute Gasteiger partial charge is 0.125 e. The van der Waals surface area contributed by atoms with Gasteiger partial charge in [0.2, 0.25) is 0 Å². The number of likely N-dealkylation sites (tertiary alicyclic amines) is 1. The van der Waals surface area contributed by atoms with Crippen LogP contribution in [-0.2, 0) is 0 Å². The van der Waals surface area contributed by atoms with E-state index in [0.717, 1.165) is 19.5 Å². The molecule has 0 unspecified atom stereocenters. The molecule has 14 heavy (non-hydrogen) atoms. The molecule has 1 saturated heterocycles. The molecule has 0 aromatic carbocycles. The molecule has 3 heteroatoms. The molecule has 1 aliphatic rings. The Morgan fingerprint density at radius 3 is 2.21 bits per heavy atom. The van der Waals surface area contributed by atoms with Crippen molar-refractivity contribution in [2.24, 2.45) is 5.73 Å². The Labute approximate surface area is 86.6 Å². The van der Waals surface area contributed by atoms with Crippen molar-refractivity contribution in [1.82, 2.24) is 4.90 Å². The van der Waals surface area contributed by atoms with E-state index in [9.17, 15) is 4.39 Å². The van der Waals surface area contributed by atoms with Crippen molar-refractivity contribution >= 4 is 0 Å². The topological polar surface area (TPSA) is 29.3 Å². The molecule has 1 fully saturated rings. The molecular weight excluding hydrogens is 179 g/mol. The number of alkyl halides is 1. The van der Waals surface area contributed by atoms with Crippen molar-refractivity contribution in [2.75, 3.05) is 19.6 Å².